The van der Waals surface area contributed by atoms with E-state index in [1.165, 1.54) is 12.2 Å². The van der Waals surface area contributed by atoms with E-state index in [-0.39, 0.29) is 10.8 Å². The van der Waals surface area contributed by atoms with Gasteiger partial charge in [0.15, 0.2) is 0 Å². The van der Waals surface area contributed by atoms with Crippen molar-refractivity contribution in [3.05, 3.63) is 0 Å². The predicted molar refractivity (Wildman–Crippen MR) is 68.8 cm³/mol. The van der Waals surface area contributed by atoms with Gasteiger partial charge in [-0.05, 0) is 45.4 Å². The van der Waals surface area contributed by atoms with Gasteiger partial charge in [-0.3, -0.25) is 4.79 Å². The Morgan fingerprint density at radius 3 is 2.62 bits per heavy atom. The number of hydrogen-bond acceptors (Lipinski definition) is 3. The maximum atomic E-state index is 12.2. The summed E-state index contributed by atoms with van der Waals surface area (Å²) >= 11 is 1.84. The number of amides is 1. The monoisotopic (exact) mass is 242 g/mol. The molecule has 0 aromatic heterocycles. The molecule has 1 unspecified atom stereocenters. The molecule has 0 aliphatic carbocycles. The zero-order valence-corrected chi connectivity index (χ0v) is 11.1. The SMILES string of the molecule is CNC1(C)CCN(C(=O)C2CCCS2)CC1. The van der Waals surface area contributed by atoms with Gasteiger partial charge >= 0.3 is 0 Å². The number of carbonyl (C=O) groups excluding carboxylic acids is 1. The largest absolute Gasteiger partial charge is 0.342 e. The van der Waals surface area contributed by atoms with Crippen LogP contribution in [0, 0.1) is 0 Å². The molecule has 92 valence electrons. The van der Waals surface area contributed by atoms with Crippen LogP contribution in [0.1, 0.15) is 32.6 Å². The van der Waals surface area contributed by atoms with Gasteiger partial charge in [-0.1, -0.05) is 0 Å². The van der Waals surface area contributed by atoms with Gasteiger partial charge in [0.25, 0.3) is 0 Å². The summed E-state index contributed by atoms with van der Waals surface area (Å²) in [7, 11) is 2.02. The molecule has 2 saturated heterocycles. The van der Waals surface area contributed by atoms with Crippen molar-refractivity contribution in [2.45, 2.75) is 43.4 Å². The third-order valence-corrected chi connectivity index (χ3v) is 5.35. The fourth-order valence-corrected chi connectivity index (χ4v) is 3.69. The van der Waals surface area contributed by atoms with Gasteiger partial charge in [-0.25, -0.2) is 0 Å². The van der Waals surface area contributed by atoms with E-state index in [9.17, 15) is 4.79 Å². The second-order valence-electron chi connectivity index (χ2n) is 5.14. The van der Waals surface area contributed by atoms with Crippen molar-refractivity contribution in [2.75, 3.05) is 25.9 Å². The summed E-state index contributed by atoms with van der Waals surface area (Å²) < 4.78 is 0. The number of likely N-dealkylation sites (tertiary alicyclic amines) is 1. The Hall–Kier alpha value is -0.220. The molecule has 3 nitrogen and oxygen atoms in total. The molecule has 0 spiro atoms. The van der Waals surface area contributed by atoms with Crippen molar-refractivity contribution in [3.63, 3.8) is 0 Å². The Morgan fingerprint density at radius 1 is 1.44 bits per heavy atom. The molecule has 0 bridgehead atoms. The van der Waals surface area contributed by atoms with Crippen molar-refractivity contribution in [3.8, 4) is 0 Å². The van der Waals surface area contributed by atoms with Crippen LogP contribution in [0.3, 0.4) is 0 Å². The minimum Gasteiger partial charge on any atom is -0.342 e. The maximum Gasteiger partial charge on any atom is 0.235 e. The van der Waals surface area contributed by atoms with Crippen LogP contribution in [0.4, 0.5) is 0 Å². The maximum absolute atomic E-state index is 12.2. The third kappa shape index (κ3) is 2.54. The van der Waals surface area contributed by atoms with Gasteiger partial charge in [0.2, 0.25) is 5.91 Å². The predicted octanol–water partition coefficient (Wildman–Crippen LogP) is 1.48. The van der Waals surface area contributed by atoms with Crippen molar-refractivity contribution in [2.24, 2.45) is 0 Å². The zero-order valence-electron chi connectivity index (χ0n) is 10.3. The van der Waals surface area contributed by atoms with Crippen LogP contribution < -0.4 is 5.32 Å². The van der Waals surface area contributed by atoms with E-state index in [4.69, 9.17) is 0 Å². The highest BCUT2D eigenvalue weighted by molar-refractivity contribution is 8.00. The second kappa shape index (κ2) is 4.96. The highest BCUT2D eigenvalue weighted by atomic mass is 32.2. The lowest BCUT2D eigenvalue weighted by atomic mass is 9.90. The minimum atomic E-state index is 0.236. The average molecular weight is 242 g/mol. The summed E-state index contributed by atoms with van der Waals surface area (Å²) in [6.45, 7) is 4.10. The summed E-state index contributed by atoms with van der Waals surface area (Å²) in [5.41, 5.74) is 0.236. The third-order valence-electron chi connectivity index (χ3n) is 3.99. The molecule has 4 heteroatoms. The van der Waals surface area contributed by atoms with Gasteiger partial charge in [0, 0.05) is 18.6 Å². The van der Waals surface area contributed by atoms with Gasteiger partial charge in [0.05, 0.1) is 5.25 Å². The average Bonchev–Trinajstić information content (AvgIpc) is 2.83. The quantitative estimate of drug-likeness (QED) is 0.796. The molecule has 2 rings (SSSR count). The van der Waals surface area contributed by atoms with Gasteiger partial charge < -0.3 is 10.2 Å². The number of hydrogen-bond donors (Lipinski definition) is 1. The van der Waals surface area contributed by atoms with Crippen LogP contribution in [-0.4, -0.2) is 47.5 Å². The van der Waals surface area contributed by atoms with Gasteiger partial charge in [-0.2, -0.15) is 0 Å². The molecule has 0 saturated carbocycles. The van der Waals surface area contributed by atoms with Crippen LogP contribution in [0.5, 0.6) is 0 Å². The number of nitrogens with one attached hydrogen (secondary N) is 1. The number of carbonyl (C=O) groups is 1. The fourth-order valence-electron chi connectivity index (χ4n) is 2.45. The molecule has 2 heterocycles. The molecule has 1 amide bonds. The number of thioether (sulfide) groups is 1. The highest BCUT2D eigenvalue weighted by Crippen LogP contribution is 2.29. The van der Waals surface area contributed by atoms with E-state index in [1.54, 1.807) is 0 Å². The van der Waals surface area contributed by atoms with Crippen LogP contribution in [0.2, 0.25) is 0 Å². The van der Waals surface area contributed by atoms with E-state index in [0.29, 0.717) is 5.91 Å². The number of nitrogens with zero attached hydrogens (tertiary/aromatic N) is 1. The Balaban J connectivity index is 1.86. The van der Waals surface area contributed by atoms with Crippen molar-refractivity contribution in [1.82, 2.24) is 10.2 Å². The molecule has 0 aromatic carbocycles. The van der Waals surface area contributed by atoms with Gasteiger partial charge in [-0.15, -0.1) is 11.8 Å². The lowest BCUT2D eigenvalue weighted by Crippen LogP contribution is -2.52. The first-order valence-electron chi connectivity index (χ1n) is 6.24. The smallest absolute Gasteiger partial charge is 0.235 e. The highest BCUT2D eigenvalue weighted by Gasteiger charge is 2.34. The van der Waals surface area contributed by atoms with E-state index in [1.807, 2.05) is 18.8 Å². The molecular weight excluding hydrogens is 220 g/mol. The molecule has 0 aromatic rings. The van der Waals surface area contributed by atoms with Gasteiger partial charge in [0.1, 0.15) is 0 Å². The van der Waals surface area contributed by atoms with E-state index in [0.717, 1.165) is 32.4 Å². The Labute approximate surface area is 102 Å². The van der Waals surface area contributed by atoms with Crippen molar-refractivity contribution < 1.29 is 4.79 Å². The molecule has 2 aliphatic heterocycles. The molecule has 16 heavy (non-hydrogen) atoms. The van der Waals surface area contributed by atoms with E-state index in [2.05, 4.69) is 17.1 Å². The summed E-state index contributed by atoms with van der Waals surface area (Å²) in [4.78, 5) is 14.3. The number of rotatable bonds is 2. The van der Waals surface area contributed by atoms with E-state index >= 15 is 0 Å². The molecule has 1 N–H and O–H groups in total. The molecular formula is C12H22N2OS. The molecule has 2 fully saturated rings. The summed E-state index contributed by atoms with van der Waals surface area (Å²) in [6.07, 6.45) is 4.45. The van der Waals surface area contributed by atoms with E-state index < -0.39 is 0 Å². The van der Waals surface area contributed by atoms with Crippen LogP contribution in [0.15, 0.2) is 0 Å². The van der Waals surface area contributed by atoms with Crippen LogP contribution in [0.25, 0.3) is 0 Å². The first-order chi connectivity index (χ1) is 7.64. The topological polar surface area (TPSA) is 32.3 Å². The lowest BCUT2D eigenvalue weighted by molar-refractivity contribution is -0.132. The molecule has 0 radical (unpaired) electrons. The normalized spacial score (nSPS) is 29.4. The van der Waals surface area contributed by atoms with Crippen molar-refractivity contribution in [1.29, 1.82) is 0 Å². The first-order valence-corrected chi connectivity index (χ1v) is 7.29. The molecule has 1 atom stereocenters. The molecule has 2 aliphatic rings. The Morgan fingerprint density at radius 2 is 2.12 bits per heavy atom. The van der Waals surface area contributed by atoms with Crippen molar-refractivity contribution >= 4 is 17.7 Å². The standard InChI is InChI=1S/C12H22N2OS/c1-12(13-2)5-7-14(8-6-12)11(15)10-4-3-9-16-10/h10,13H,3-9H2,1-2H3. The summed E-state index contributed by atoms with van der Waals surface area (Å²) in [5, 5.41) is 3.63. The zero-order chi connectivity index (χ0) is 11.6. The van der Waals surface area contributed by atoms with Crippen LogP contribution in [-0.2, 0) is 4.79 Å². The Kier molecular flexibility index (Phi) is 3.80. The second-order valence-corrected chi connectivity index (χ2v) is 6.45. The first kappa shape index (κ1) is 12.2. The minimum absolute atomic E-state index is 0.236. The Bertz CT molecular complexity index is 256. The fraction of sp³-hybridized carbons (Fsp3) is 0.917. The number of piperidine rings is 1. The lowest BCUT2D eigenvalue weighted by Gasteiger charge is -2.40. The summed E-state index contributed by atoms with van der Waals surface area (Å²) in [5.74, 6) is 1.55. The summed E-state index contributed by atoms with van der Waals surface area (Å²) in [6, 6.07) is 0. The van der Waals surface area contributed by atoms with Crippen LogP contribution >= 0.6 is 11.8 Å².